The number of piperazine rings is 1. The Labute approximate surface area is 112 Å². The maximum absolute atomic E-state index is 12.3. The maximum atomic E-state index is 12.3. The lowest BCUT2D eigenvalue weighted by molar-refractivity contribution is -0.150. The van der Waals surface area contributed by atoms with Gasteiger partial charge >= 0.3 is 0 Å². The number of nitrogens with one attached hydrogen (secondary N) is 1. The van der Waals surface area contributed by atoms with Crippen molar-refractivity contribution in [3.8, 4) is 0 Å². The van der Waals surface area contributed by atoms with Crippen LogP contribution in [0.15, 0.2) is 18.3 Å². The Morgan fingerprint density at radius 1 is 1.32 bits per heavy atom. The Bertz CT molecular complexity index is 463. The van der Waals surface area contributed by atoms with Gasteiger partial charge in [-0.1, -0.05) is 13.8 Å². The fraction of sp³-hybridized carbons (Fsp3) is 0.538. The molecule has 1 N–H and O–H groups in total. The van der Waals surface area contributed by atoms with Crippen LogP contribution >= 0.6 is 0 Å². The Morgan fingerprint density at radius 2 is 2.11 bits per heavy atom. The van der Waals surface area contributed by atoms with Gasteiger partial charge in [0, 0.05) is 6.20 Å². The van der Waals surface area contributed by atoms with Gasteiger partial charge in [0.25, 0.3) is 0 Å². The van der Waals surface area contributed by atoms with Crippen molar-refractivity contribution in [3.63, 3.8) is 0 Å². The van der Waals surface area contributed by atoms with Gasteiger partial charge in [0.15, 0.2) is 0 Å². The molecule has 1 aliphatic rings. The first-order chi connectivity index (χ1) is 9.17. The van der Waals surface area contributed by atoms with Gasteiger partial charge in [-0.15, -0.1) is 0 Å². The number of aromatic nitrogens is 2. The molecule has 1 fully saturated rings. The van der Waals surface area contributed by atoms with Gasteiger partial charge < -0.3 is 10.2 Å². The lowest BCUT2D eigenvalue weighted by Gasteiger charge is -2.38. The van der Waals surface area contributed by atoms with E-state index in [1.807, 2.05) is 13.8 Å². The minimum atomic E-state index is -0.424. The van der Waals surface area contributed by atoms with Gasteiger partial charge in [-0.05, 0) is 25.0 Å². The van der Waals surface area contributed by atoms with Crippen LogP contribution in [-0.2, 0) is 16.1 Å². The van der Waals surface area contributed by atoms with Crippen molar-refractivity contribution in [1.82, 2.24) is 20.4 Å². The molecule has 2 unspecified atom stereocenters. The van der Waals surface area contributed by atoms with Gasteiger partial charge in [0.2, 0.25) is 11.8 Å². The molecule has 6 heteroatoms. The van der Waals surface area contributed by atoms with E-state index >= 15 is 0 Å². The molecule has 0 radical (unpaired) electrons. The minimum Gasteiger partial charge on any atom is -0.343 e. The van der Waals surface area contributed by atoms with Crippen molar-refractivity contribution >= 4 is 11.8 Å². The molecule has 0 bridgehead atoms. The van der Waals surface area contributed by atoms with E-state index in [-0.39, 0.29) is 11.8 Å². The van der Waals surface area contributed by atoms with Crippen LogP contribution in [-0.4, -0.2) is 39.0 Å². The van der Waals surface area contributed by atoms with Gasteiger partial charge in [0.05, 0.1) is 12.2 Å². The van der Waals surface area contributed by atoms with Crippen molar-refractivity contribution in [3.05, 3.63) is 24.0 Å². The topological polar surface area (TPSA) is 75.2 Å². The average molecular weight is 262 g/mol. The molecule has 1 saturated heterocycles. The molecule has 1 aromatic heterocycles. The second-order valence-electron chi connectivity index (χ2n) is 4.57. The zero-order valence-corrected chi connectivity index (χ0v) is 11.2. The van der Waals surface area contributed by atoms with E-state index in [9.17, 15) is 9.59 Å². The summed E-state index contributed by atoms with van der Waals surface area (Å²) in [4.78, 5) is 25.9. The van der Waals surface area contributed by atoms with Crippen molar-refractivity contribution in [2.75, 3.05) is 0 Å². The second-order valence-corrected chi connectivity index (χ2v) is 4.57. The monoisotopic (exact) mass is 262 g/mol. The summed E-state index contributed by atoms with van der Waals surface area (Å²) in [6, 6.07) is 2.74. The average Bonchev–Trinajstić information content (AvgIpc) is 2.44. The fourth-order valence-corrected chi connectivity index (χ4v) is 2.29. The smallest absolute Gasteiger partial charge is 0.246 e. The van der Waals surface area contributed by atoms with Crippen molar-refractivity contribution < 1.29 is 9.59 Å². The summed E-state index contributed by atoms with van der Waals surface area (Å²) < 4.78 is 0. The SMILES string of the molecule is CCC1NC(=O)C(CC)N(Cc2cccnn2)C1=O. The summed E-state index contributed by atoms with van der Waals surface area (Å²) in [6.07, 6.45) is 2.77. The van der Waals surface area contributed by atoms with Crippen LogP contribution in [0.2, 0.25) is 0 Å². The van der Waals surface area contributed by atoms with E-state index in [1.165, 1.54) is 0 Å². The number of carbonyl (C=O) groups excluding carboxylic acids is 2. The molecule has 2 atom stereocenters. The summed E-state index contributed by atoms with van der Waals surface area (Å²) >= 11 is 0. The zero-order valence-electron chi connectivity index (χ0n) is 11.2. The number of rotatable bonds is 4. The fourth-order valence-electron chi connectivity index (χ4n) is 2.29. The standard InChI is InChI=1S/C13H18N4O2/c1-3-10-13(19)17(11(4-2)12(18)15-10)8-9-6-5-7-14-16-9/h5-7,10-11H,3-4,8H2,1-2H3,(H,15,18). The molecule has 1 aromatic rings. The summed E-state index contributed by atoms with van der Waals surface area (Å²) in [5, 5.41) is 10.5. The van der Waals surface area contributed by atoms with Crippen LogP contribution in [0.3, 0.4) is 0 Å². The highest BCUT2D eigenvalue weighted by Crippen LogP contribution is 2.17. The van der Waals surface area contributed by atoms with Crippen LogP contribution in [0.1, 0.15) is 32.4 Å². The first kappa shape index (κ1) is 13.5. The third-order valence-electron chi connectivity index (χ3n) is 3.33. The molecule has 19 heavy (non-hydrogen) atoms. The molecule has 6 nitrogen and oxygen atoms in total. The Balaban J connectivity index is 2.22. The van der Waals surface area contributed by atoms with Gasteiger partial charge in [-0.3, -0.25) is 9.59 Å². The quantitative estimate of drug-likeness (QED) is 0.857. The number of amides is 2. The lowest BCUT2D eigenvalue weighted by atomic mass is 10.0. The molecule has 0 aromatic carbocycles. The number of hydrogen-bond donors (Lipinski definition) is 1. The van der Waals surface area contributed by atoms with Crippen LogP contribution in [0.5, 0.6) is 0 Å². The molecule has 0 spiro atoms. The summed E-state index contributed by atoms with van der Waals surface area (Å²) in [7, 11) is 0. The number of hydrogen-bond acceptors (Lipinski definition) is 4. The predicted molar refractivity (Wildman–Crippen MR) is 68.9 cm³/mol. The second kappa shape index (κ2) is 5.77. The van der Waals surface area contributed by atoms with E-state index in [2.05, 4.69) is 15.5 Å². The number of nitrogens with zero attached hydrogens (tertiary/aromatic N) is 3. The molecule has 2 amide bonds. The van der Waals surface area contributed by atoms with E-state index < -0.39 is 12.1 Å². The van der Waals surface area contributed by atoms with Gasteiger partial charge in [-0.25, -0.2) is 0 Å². The van der Waals surface area contributed by atoms with E-state index in [1.54, 1.807) is 23.2 Å². The summed E-state index contributed by atoms with van der Waals surface area (Å²) in [5.41, 5.74) is 0.693. The van der Waals surface area contributed by atoms with E-state index in [0.29, 0.717) is 25.1 Å². The van der Waals surface area contributed by atoms with Gasteiger partial charge in [-0.2, -0.15) is 10.2 Å². The number of carbonyl (C=O) groups is 2. The Hall–Kier alpha value is -1.98. The molecular weight excluding hydrogens is 244 g/mol. The molecule has 1 aliphatic heterocycles. The molecule has 0 aliphatic carbocycles. The largest absolute Gasteiger partial charge is 0.343 e. The van der Waals surface area contributed by atoms with Crippen LogP contribution in [0.25, 0.3) is 0 Å². The molecular formula is C13H18N4O2. The van der Waals surface area contributed by atoms with Crippen LogP contribution < -0.4 is 5.32 Å². The van der Waals surface area contributed by atoms with Crippen molar-refractivity contribution in [2.24, 2.45) is 0 Å². The predicted octanol–water partition coefficient (Wildman–Crippen LogP) is 0.492. The highest BCUT2D eigenvalue weighted by molar-refractivity contribution is 5.96. The zero-order chi connectivity index (χ0) is 13.8. The lowest BCUT2D eigenvalue weighted by Crippen LogP contribution is -2.62. The van der Waals surface area contributed by atoms with Crippen LogP contribution in [0.4, 0.5) is 0 Å². The van der Waals surface area contributed by atoms with E-state index in [4.69, 9.17) is 0 Å². The third-order valence-corrected chi connectivity index (χ3v) is 3.33. The van der Waals surface area contributed by atoms with Crippen molar-refractivity contribution in [1.29, 1.82) is 0 Å². The highest BCUT2D eigenvalue weighted by Gasteiger charge is 2.38. The normalized spacial score (nSPS) is 23.4. The maximum Gasteiger partial charge on any atom is 0.246 e. The van der Waals surface area contributed by atoms with E-state index in [0.717, 1.165) is 0 Å². The Morgan fingerprint density at radius 3 is 2.68 bits per heavy atom. The minimum absolute atomic E-state index is 0.0420. The van der Waals surface area contributed by atoms with Crippen LogP contribution in [0, 0.1) is 0 Å². The first-order valence-corrected chi connectivity index (χ1v) is 6.54. The molecule has 2 heterocycles. The molecule has 102 valence electrons. The van der Waals surface area contributed by atoms with Gasteiger partial charge in [0.1, 0.15) is 12.1 Å². The molecule has 0 saturated carbocycles. The summed E-state index contributed by atoms with van der Waals surface area (Å²) in [6.45, 7) is 4.11. The van der Waals surface area contributed by atoms with Crippen molar-refractivity contribution in [2.45, 2.75) is 45.3 Å². The Kier molecular flexibility index (Phi) is 4.09. The first-order valence-electron chi connectivity index (χ1n) is 6.54. The molecule has 2 rings (SSSR count). The summed E-state index contributed by atoms with van der Waals surface area (Å²) in [5.74, 6) is -0.127. The third kappa shape index (κ3) is 2.72. The highest BCUT2D eigenvalue weighted by atomic mass is 16.2.